The monoisotopic (exact) mass is 279 g/mol. The van der Waals surface area contributed by atoms with Gasteiger partial charge in [-0.25, -0.2) is 0 Å². The second-order valence-electron chi connectivity index (χ2n) is 4.83. The van der Waals surface area contributed by atoms with Crippen molar-refractivity contribution in [2.24, 2.45) is 5.73 Å². The van der Waals surface area contributed by atoms with Crippen LogP contribution in [0.4, 0.5) is 0 Å². The lowest BCUT2D eigenvalue weighted by Crippen LogP contribution is -2.29. The lowest BCUT2D eigenvalue weighted by Gasteiger charge is -2.18. The average molecular weight is 279 g/mol. The predicted octanol–water partition coefficient (Wildman–Crippen LogP) is 1.34. The summed E-state index contributed by atoms with van der Waals surface area (Å²) in [5.74, 6) is 0.0215. The molecule has 0 fully saturated rings. The summed E-state index contributed by atoms with van der Waals surface area (Å²) in [4.78, 5) is 16.3. The first kappa shape index (κ1) is 15.6. The normalized spacial score (nSPS) is 10.5. The summed E-state index contributed by atoms with van der Waals surface area (Å²) in [5.41, 5.74) is 6.96. The molecule has 0 aliphatic heterocycles. The fraction of sp³-hybridized carbons (Fsp3) is 0.429. The van der Waals surface area contributed by atoms with Gasteiger partial charge in [0.25, 0.3) is 5.91 Å². The van der Waals surface area contributed by atoms with E-state index < -0.39 is 0 Å². The van der Waals surface area contributed by atoms with Gasteiger partial charge in [0, 0.05) is 24.7 Å². The number of thiocarbonyl (C=S) groups is 1. The van der Waals surface area contributed by atoms with Crippen LogP contribution in [0, 0.1) is 0 Å². The Morgan fingerprint density at radius 1 is 1.11 bits per heavy atom. The molecule has 0 aliphatic rings. The maximum atomic E-state index is 12.1. The Morgan fingerprint density at radius 2 is 1.63 bits per heavy atom. The Labute approximate surface area is 120 Å². The highest BCUT2D eigenvalue weighted by molar-refractivity contribution is 7.80. The maximum Gasteiger partial charge on any atom is 0.253 e. The van der Waals surface area contributed by atoms with E-state index in [2.05, 4.69) is 4.90 Å². The van der Waals surface area contributed by atoms with Gasteiger partial charge in [-0.1, -0.05) is 24.4 Å². The second kappa shape index (κ2) is 7.21. The van der Waals surface area contributed by atoms with E-state index in [1.807, 2.05) is 21.1 Å². The number of benzene rings is 1. The van der Waals surface area contributed by atoms with Gasteiger partial charge in [0.05, 0.1) is 0 Å². The van der Waals surface area contributed by atoms with Crippen molar-refractivity contribution in [1.29, 1.82) is 0 Å². The van der Waals surface area contributed by atoms with Crippen LogP contribution in [0.3, 0.4) is 0 Å². The van der Waals surface area contributed by atoms with Crippen molar-refractivity contribution in [3.63, 3.8) is 0 Å². The topological polar surface area (TPSA) is 49.6 Å². The van der Waals surface area contributed by atoms with Gasteiger partial charge in [0.2, 0.25) is 0 Å². The molecule has 5 heteroatoms. The summed E-state index contributed by atoms with van der Waals surface area (Å²) < 4.78 is 0. The summed E-state index contributed by atoms with van der Waals surface area (Å²) in [7, 11) is 5.87. The van der Waals surface area contributed by atoms with Crippen LogP contribution in [0.1, 0.15) is 22.3 Å². The molecule has 1 rings (SSSR count). The lowest BCUT2D eigenvalue weighted by molar-refractivity contribution is 0.0790. The Morgan fingerprint density at radius 3 is 2.11 bits per heavy atom. The number of nitrogens with zero attached hydrogens (tertiary/aromatic N) is 2. The molecule has 0 saturated heterocycles. The fourth-order valence-corrected chi connectivity index (χ4v) is 1.86. The van der Waals surface area contributed by atoms with Crippen molar-refractivity contribution >= 4 is 23.1 Å². The molecule has 0 aliphatic carbocycles. The van der Waals surface area contributed by atoms with E-state index >= 15 is 0 Å². The number of rotatable bonds is 6. The van der Waals surface area contributed by atoms with Gasteiger partial charge in [-0.15, -0.1) is 0 Å². The molecule has 0 saturated carbocycles. The molecule has 1 aromatic carbocycles. The minimum Gasteiger partial charge on any atom is -0.389 e. The van der Waals surface area contributed by atoms with E-state index in [-0.39, 0.29) is 5.91 Å². The number of carbonyl (C=O) groups excluding carboxylic acids is 1. The van der Waals surface area contributed by atoms with E-state index in [0.717, 1.165) is 25.1 Å². The molecule has 0 heterocycles. The third kappa shape index (κ3) is 4.96. The van der Waals surface area contributed by atoms with Gasteiger partial charge >= 0.3 is 0 Å². The van der Waals surface area contributed by atoms with Crippen molar-refractivity contribution in [2.45, 2.75) is 6.42 Å². The highest BCUT2D eigenvalue weighted by Gasteiger charge is 2.11. The first-order chi connectivity index (χ1) is 8.91. The number of hydrogen-bond donors (Lipinski definition) is 1. The van der Waals surface area contributed by atoms with Gasteiger partial charge in [0.1, 0.15) is 4.99 Å². The maximum absolute atomic E-state index is 12.1. The first-order valence-corrected chi connectivity index (χ1v) is 6.62. The molecule has 2 N–H and O–H groups in total. The van der Waals surface area contributed by atoms with Crippen LogP contribution >= 0.6 is 12.2 Å². The van der Waals surface area contributed by atoms with Crippen LogP contribution in [0.15, 0.2) is 24.3 Å². The molecule has 1 aromatic rings. The van der Waals surface area contributed by atoms with Crippen molar-refractivity contribution < 1.29 is 4.79 Å². The van der Waals surface area contributed by atoms with Crippen molar-refractivity contribution in [1.82, 2.24) is 9.80 Å². The predicted molar refractivity (Wildman–Crippen MR) is 82.5 cm³/mol. The fourth-order valence-electron chi connectivity index (χ4n) is 1.72. The molecule has 0 bridgehead atoms. The third-order valence-electron chi connectivity index (χ3n) is 2.86. The van der Waals surface area contributed by atoms with Gasteiger partial charge < -0.3 is 15.5 Å². The van der Waals surface area contributed by atoms with Gasteiger partial charge in [0.15, 0.2) is 0 Å². The standard InChI is InChI=1S/C14H21N3OS/c1-16(2)9-4-10-17(3)14(18)12-7-5-11(6-8-12)13(15)19/h5-8H,4,9-10H2,1-3H3,(H2,15,19). The van der Waals surface area contributed by atoms with E-state index in [4.69, 9.17) is 18.0 Å². The summed E-state index contributed by atoms with van der Waals surface area (Å²) in [6, 6.07) is 7.09. The van der Waals surface area contributed by atoms with Crippen molar-refractivity contribution in [3.05, 3.63) is 35.4 Å². The van der Waals surface area contributed by atoms with Gasteiger partial charge in [-0.05, 0) is 39.2 Å². The quantitative estimate of drug-likeness (QED) is 0.799. The molecule has 0 aromatic heterocycles. The largest absolute Gasteiger partial charge is 0.389 e. The smallest absolute Gasteiger partial charge is 0.253 e. The molecular formula is C14H21N3OS. The minimum absolute atomic E-state index is 0.0215. The highest BCUT2D eigenvalue weighted by atomic mass is 32.1. The molecule has 0 atom stereocenters. The molecule has 1 amide bonds. The molecule has 0 unspecified atom stereocenters. The van der Waals surface area contributed by atoms with E-state index in [1.54, 1.807) is 29.2 Å². The summed E-state index contributed by atoms with van der Waals surface area (Å²) >= 11 is 4.88. The molecule has 104 valence electrons. The average Bonchev–Trinajstić information content (AvgIpc) is 2.37. The van der Waals surface area contributed by atoms with Crippen molar-refractivity contribution in [3.8, 4) is 0 Å². The number of nitrogens with two attached hydrogens (primary N) is 1. The molecule has 0 radical (unpaired) electrons. The van der Waals surface area contributed by atoms with Crippen LogP contribution in [-0.4, -0.2) is 54.9 Å². The van der Waals surface area contributed by atoms with Crippen LogP contribution < -0.4 is 5.73 Å². The zero-order chi connectivity index (χ0) is 14.4. The molecule has 19 heavy (non-hydrogen) atoms. The molecular weight excluding hydrogens is 258 g/mol. The number of amides is 1. The molecule has 4 nitrogen and oxygen atoms in total. The van der Waals surface area contributed by atoms with Crippen LogP contribution in [0.2, 0.25) is 0 Å². The van der Waals surface area contributed by atoms with Crippen LogP contribution in [0.25, 0.3) is 0 Å². The van der Waals surface area contributed by atoms with E-state index in [0.29, 0.717) is 10.6 Å². The van der Waals surface area contributed by atoms with Crippen LogP contribution in [-0.2, 0) is 0 Å². The number of hydrogen-bond acceptors (Lipinski definition) is 3. The zero-order valence-electron chi connectivity index (χ0n) is 11.7. The first-order valence-electron chi connectivity index (χ1n) is 6.22. The Kier molecular flexibility index (Phi) is 5.92. The van der Waals surface area contributed by atoms with E-state index in [1.165, 1.54) is 0 Å². The summed E-state index contributed by atoms with van der Waals surface area (Å²) in [6.45, 7) is 1.71. The van der Waals surface area contributed by atoms with Crippen LogP contribution in [0.5, 0.6) is 0 Å². The van der Waals surface area contributed by atoms with Gasteiger partial charge in [-0.2, -0.15) is 0 Å². The SMILES string of the molecule is CN(C)CCCN(C)C(=O)c1ccc(C(N)=S)cc1. The Hall–Kier alpha value is -1.46. The summed E-state index contributed by atoms with van der Waals surface area (Å²) in [6.07, 6.45) is 0.959. The lowest BCUT2D eigenvalue weighted by atomic mass is 10.1. The summed E-state index contributed by atoms with van der Waals surface area (Å²) in [5, 5.41) is 0. The molecule has 0 spiro atoms. The zero-order valence-corrected chi connectivity index (χ0v) is 12.5. The number of carbonyl (C=O) groups is 1. The van der Waals surface area contributed by atoms with E-state index in [9.17, 15) is 4.79 Å². The Balaban J connectivity index is 2.59. The van der Waals surface area contributed by atoms with Gasteiger partial charge in [-0.3, -0.25) is 4.79 Å². The Bertz CT molecular complexity index is 443. The van der Waals surface area contributed by atoms with Crippen molar-refractivity contribution in [2.75, 3.05) is 34.2 Å². The third-order valence-corrected chi connectivity index (χ3v) is 3.10. The minimum atomic E-state index is 0.0215. The highest BCUT2D eigenvalue weighted by Crippen LogP contribution is 2.07. The second-order valence-corrected chi connectivity index (χ2v) is 5.26.